The molecule has 0 saturated heterocycles. The number of likely N-dealkylation sites (N-methyl/N-ethyl adjacent to an activating group) is 1. The van der Waals surface area contributed by atoms with Gasteiger partial charge in [0.25, 0.3) is 0 Å². The number of hydrogen-bond donors (Lipinski definition) is 1. The number of nitrogens with zero attached hydrogens (tertiary/aromatic N) is 1. The normalized spacial score (nSPS) is 33.0. The van der Waals surface area contributed by atoms with Crippen LogP contribution in [0.15, 0.2) is 0 Å². The molecule has 0 radical (unpaired) electrons. The molecular weight excluding hydrogens is 200 g/mol. The van der Waals surface area contributed by atoms with E-state index >= 15 is 0 Å². The van der Waals surface area contributed by atoms with E-state index in [1.807, 2.05) is 7.11 Å². The lowest BCUT2D eigenvalue weighted by molar-refractivity contribution is -0.0108. The third-order valence-electron chi connectivity index (χ3n) is 4.58. The van der Waals surface area contributed by atoms with Gasteiger partial charge in [0.05, 0.1) is 6.10 Å². The Morgan fingerprint density at radius 3 is 2.38 bits per heavy atom. The molecule has 96 valence electrons. The first-order valence-corrected chi connectivity index (χ1v) is 6.55. The second-order valence-corrected chi connectivity index (χ2v) is 5.23. The van der Waals surface area contributed by atoms with Crippen LogP contribution in [0.1, 0.15) is 46.0 Å². The lowest BCUT2D eigenvalue weighted by atomic mass is 9.78. The molecule has 1 aliphatic carbocycles. The molecular formula is C13H28N2O. The van der Waals surface area contributed by atoms with Crippen LogP contribution in [0, 0.1) is 0 Å². The van der Waals surface area contributed by atoms with Crippen LogP contribution in [0.3, 0.4) is 0 Å². The Balaban J connectivity index is 2.65. The summed E-state index contributed by atoms with van der Waals surface area (Å²) in [5.41, 5.74) is 6.25. The van der Waals surface area contributed by atoms with E-state index < -0.39 is 0 Å². The maximum atomic E-state index is 6.04. The Hall–Kier alpha value is -0.120. The molecule has 1 rings (SSSR count). The molecule has 1 fully saturated rings. The van der Waals surface area contributed by atoms with E-state index in [-0.39, 0.29) is 5.54 Å². The number of methoxy groups -OCH3 is 1. The fourth-order valence-electron chi connectivity index (χ4n) is 2.81. The van der Waals surface area contributed by atoms with Crippen molar-refractivity contribution in [1.29, 1.82) is 0 Å². The Bertz CT molecular complexity index is 200. The van der Waals surface area contributed by atoms with Gasteiger partial charge in [-0.15, -0.1) is 0 Å². The van der Waals surface area contributed by atoms with Gasteiger partial charge >= 0.3 is 0 Å². The molecule has 0 heterocycles. The van der Waals surface area contributed by atoms with Crippen LogP contribution in [-0.2, 0) is 4.74 Å². The summed E-state index contributed by atoms with van der Waals surface area (Å²) in [5, 5.41) is 0. The zero-order chi connectivity index (χ0) is 12.2. The number of ether oxygens (including phenoxy) is 1. The minimum Gasteiger partial charge on any atom is -0.381 e. The minimum atomic E-state index is 0.213. The van der Waals surface area contributed by atoms with Gasteiger partial charge in [-0.3, -0.25) is 4.90 Å². The van der Waals surface area contributed by atoms with E-state index in [4.69, 9.17) is 10.5 Å². The molecule has 1 aliphatic rings. The highest BCUT2D eigenvalue weighted by molar-refractivity contribution is 4.96. The maximum Gasteiger partial charge on any atom is 0.0572 e. The fraction of sp³-hybridized carbons (Fsp3) is 1.00. The van der Waals surface area contributed by atoms with Gasteiger partial charge in [0.15, 0.2) is 0 Å². The third-order valence-corrected chi connectivity index (χ3v) is 4.58. The summed E-state index contributed by atoms with van der Waals surface area (Å²) < 4.78 is 5.44. The molecule has 0 aliphatic heterocycles. The van der Waals surface area contributed by atoms with E-state index in [0.717, 1.165) is 19.4 Å². The number of rotatable bonds is 5. The Morgan fingerprint density at radius 1 is 1.44 bits per heavy atom. The van der Waals surface area contributed by atoms with E-state index in [9.17, 15) is 0 Å². The van der Waals surface area contributed by atoms with Crippen LogP contribution in [0.4, 0.5) is 0 Å². The van der Waals surface area contributed by atoms with Crippen molar-refractivity contribution >= 4 is 0 Å². The van der Waals surface area contributed by atoms with Crippen LogP contribution in [0.25, 0.3) is 0 Å². The molecule has 0 aromatic rings. The van der Waals surface area contributed by atoms with Crippen molar-refractivity contribution in [2.45, 2.75) is 63.6 Å². The topological polar surface area (TPSA) is 38.5 Å². The average Bonchev–Trinajstić information content (AvgIpc) is 2.37. The first-order chi connectivity index (χ1) is 7.59. The summed E-state index contributed by atoms with van der Waals surface area (Å²) in [5.74, 6) is 0. The van der Waals surface area contributed by atoms with Crippen molar-refractivity contribution in [3.8, 4) is 0 Å². The fourth-order valence-corrected chi connectivity index (χ4v) is 2.81. The molecule has 0 aromatic carbocycles. The first kappa shape index (κ1) is 13.9. The second-order valence-electron chi connectivity index (χ2n) is 5.23. The predicted octanol–water partition coefficient (Wildman–Crippen LogP) is 2.00. The summed E-state index contributed by atoms with van der Waals surface area (Å²) in [6.07, 6.45) is 6.27. The molecule has 3 heteroatoms. The van der Waals surface area contributed by atoms with Gasteiger partial charge in [-0.1, -0.05) is 6.92 Å². The predicted molar refractivity (Wildman–Crippen MR) is 68.6 cm³/mol. The monoisotopic (exact) mass is 228 g/mol. The van der Waals surface area contributed by atoms with Crippen LogP contribution >= 0.6 is 0 Å². The lowest BCUT2D eigenvalue weighted by Crippen LogP contribution is -2.57. The SMILES string of the molecule is CCC(C)N(C)C1(CN)CCC(OC)CC1. The summed E-state index contributed by atoms with van der Waals surface area (Å²) in [4.78, 5) is 2.50. The second kappa shape index (κ2) is 5.99. The van der Waals surface area contributed by atoms with Crippen LogP contribution < -0.4 is 5.73 Å². The van der Waals surface area contributed by atoms with E-state index in [1.54, 1.807) is 0 Å². The molecule has 1 saturated carbocycles. The van der Waals surface area contributed by atoms with Crippen molar-refractivity contribution in [3.05, 3.63) is 0 Å². The van der Waals surface area contributed by atoms with Crippen molar-refractivity contribution in [3.63, 3.8) is 0 Å². The maximum absolute atomic E-state index is 6.04. The number of nitrogens with two attached hydrogens (primary N) is 1. The Kier molecular flexibility index (Phi) is 5.22. The molecule has 0 aromatic heterocycles. The molecule has 0 bridgehead atoms. The van der Waals surface area contributed by atoms with Gasteiger partial charge < -0.3 is 10.5 Å². The van der Waals surface area contributed by atoms with Crippen molar-refractivity contribution in [1.82, 2.24) is 4.90 Å². The highest BCUT2D eigenvalue weighted by Crippen LogP contribution is 2.34. The van der Waals surface area contributed by atoms with Gasteiger partial charge in [0.1, 0.15) is 0 Å². The van der Waals surface area contributed by atoms with Crippen molar-refractivity contribution in [2.24, 2.45) is 5.73 Å². The first-order valence-electron chi connectivity index (χ1n) is 6.55. The van der Waals surface area contributed by atoms with Gasteiger partial charge in [-0.05, 0) is 46.1 Å². The molecule has 1 atom stereocenters. The lowest BCUT2D eigenvalue weighted by Gasteiger charge is -2.48. The summed E-state index contributed by atoms with van der Waals surface area (Å²) in [6.45, 7) is 5.30. The van der Waals surface area contributed by atoms with Crippen molar-refractivity contribution < 1.29 is 4.74 Å². The summed E-state index contributed by atoms with van der Waals surface area (Å²) >= 11 is 0. The number of hydrogen-bond acceptors (Lipinski definition) is 3. The van der Waals surface area contributed by atoms with E-state index in [0.29, 0.717) is 12.1 Å². The van der Waals surface area contributed by atoms with Crippen LogP contribution in [0.5, 0.6) is 0 Å². The highest BCUT2D eigenvalue weighted by Gasteiger charge is 2.38. The van der Waals surface area contributed by atoms with Gasteiger partial charge in [0.2, 0.25) is 0 Å². The van der Waals surface area contributed by atoms with E-state index in [2.05, 4.69) is 25.8 Å². The quantitative estimate of drug-likeness (QED) is 0.782. The average molecular weight is 228 g/mol. The Labute approximate surface area is 100 Å². The summed E-state index contributed by atoms with van der Waals surface area (Å²) in [6, 6.07) is 0.614. The minimum absolute atomic E-state index is 0.213. The van der Waals surface area contributed by atoms with Crippen molar-refractivity contribution in [2.75, 3.05) is 20.7 Å². The van der Waals surface area contributed by atoms with Crippen LogP contribution in [-0.4, -0.2) is 43.3 Å². The van der Waals surface area contributed by atoms with Crippen LogP contribution in [0.2, 0.25) is 0 Å². The smallest absolute Gasteiger partial charge is 0.0572 e. The van der Waals surface area contributed by atoms with E-state index in [1.165, 1.54) is 19.3 Å². The highest BCUT2D eigenvalue weighted by atomic mass is 16.5. The summed E-state index contributed by atoms with van der Waals surface area (Å²) in [7, 11) is 4.05. The van der Waals surface area contributed by atoms with Gasteiger partial charge in [-0.25, -0.2) is 0 Å². The van der Waals surface area contributed by atoms with Gasteiger partial charge in [-0.2, -0.15) is 0 Å². The molecule has 3 nitrogen and oxygen atoms in total. The molecule has 16 heavy (non-hydrogen) atoms. The standard InChI is InChI=1S/C13H28N2O/c1-5-11(2)15(3)13(10-14)8-6-12(16-4)7-9-13/h11-12H,5-10,14H2,1-4H3. The molecule has 1 unspecified atom stereocenters. The zero-order valence-electron chi connectivity index (χ0n) is 11.3. The molecule has 0 amide bonds. The zero-order valence-corrected chi connectivity index (χ0v) is 11.3. The van der Waals surface area contributed by atoms with Gasteiger partial charge in [0, 0.05) is 25.2 Å². The largest absolute Gasteiger partial charge is 0.381 e. The Morgan fingerprint density at radius 2 is 2.00 bits per heavy atom. The molecule has 0 spiro atoms. The molecule has 2 N–H and O–H groups in total. The third kappa shape index (κ3) is 2.76.